The first-order valence-corrected chi connectivity index (χ1v) is 9.91. The molecule has 0 unspecified atom stereocenters. The summed E-state index contributed by atoms with van der Waals surface area (Å²) < 4.78 is 7.38. The second-order valence-corrected chi connectivity index (χ2v) is 8.87. The van der Waals surface area contributed by atoms with Crippen LogP contribution in [-0.4, -0.2) is 21.9 Å². The maximum Gasteiger partial charge on any atom is 0.321 e. The summed E-state index contributed by atoms with van der Waals surface area (Å²) in [4.78, 5) is 25.1. The van der Waals surface area contributed by atoms with Crippen molar-refractivity contribution in [3.63, 3.8) is 0 Å². The topological polar surface area (TPSA) is 95.6 Å². The molecule has 1 aromatic carbocycles. The SMILES string of the molecule is O=Nc1c[nH+]c(Sc2nnc(SCC(=O)Oc3ccccc3)s2)s1. The molecule has 11 heteroatoms. The molecule has 0 spiro atoms. The number of esters is 1. The van der Waals surface area contributed by atoms with Gasteiger partial charge in [0.1, 0.15) is 5.75 Å². The van der Waals surface area contributed by atoms with Crippen LogP contribution in [0.15, 0.2) is 54.7 Å². The van der Waals surface area contributed by atoms with Crippen LogP contribution in [0.4, 0.5) is 5.00 Å². The van der Waals surface area contributed by atoms with Crippen molar-refractivity contribution < 1.29 is 14.5 Å². The average molecular weight is 398 g/mol. The van der Waals surface area contributed by atoms with Crippen molar-refractivity contribution in [1.29, 1.82) is 0 Å². The van der Waals surface area contributed by atoms with Gasteiger partial charge in [-0.1, -0.05) is 41.3 Å². The van der Waals surface area contributed by atoms with Gasteiger partial charge in [0.2, 0.25) is 11.2 Å². The molecule has 3 aromatic rings. The standard InChI is InChI=1S/C13H8N4O3S4/c18-10(20-8-4-2-1-3-5-8)7-21-12-15-16-13(24-12)23-11-14-6-9(17-19)22-11/h1-6H,7H2/p+1. The number of thioether (sulfide) groups is 1. The van der Waals surface area contributed by atoms with Gasteiger partial charge in [0.05, 0.1) is 5.75 Å². The number of H-pyrrole nitrogens is 1. The molecule has 7 nitrogen and oxygen atoms in total. The number of hydrogen-bond acceptors (Lipinski definition) is 10. The smallest absolute Gasteiger partial charge is 0.321 e. The summed E-state index contributed by atoms with van der Waals surface area (Å²) in [5, 5.41) is 11.3. The third-order valence-electron chi connectivity index (χ3n) is 2.46. The lowest BCUT2D eigenvalue weighted by atomic mass is 10.3. The molecule has 0 aliphatic heterocycles. The predicted octanol–water partition coefficient (Wildman–Crippen LogP) is 3.66. The second kappa shape index (κ2) is 8.33. The number of rotatable bonds is 7. The molecule has 0 aliphatic rings. The third kappa shape index (κ3) is 4.84. The summed E-state index contributed by atoms with van der Waals surface area (Å²) in [6.45, 7) is 0. The highest BCUT2D eigenvalue weighted by Crippen LogP contribution is 2.35. The van der Waals surface area contributed by atoms with E-state index in [9.17, 15) is 9.70 Å². The Morgan fingerprint density at radius 2 is 2.00 bits per heavy atom. The molecular weight excluding hydrogens is 388 g/mol. The molecule has 0 saturated heterocycles. The summed E-state index contributed by atoms with van der Waals surface area (Å²) in [5.41, 5.74) is 0. The third-order valence-corrected chi connectivity index (χ3v) is 6.55. The molecular formula is C13H9N4O3S4+. The van der Waals surface area contributed by atoms with Crippen molar-refractivity contribution in [3.8, 4) is 5.75 Å². The largest absolute Gasteiger partial charge is 0.426 e. The van der Waals surface area contributed by atoms with E-state index in [0.717, 1.165) is 4.34 Å². The van der Waals surface area contributed by atoms with Gasteiger partial charge in [-0.25, -0.2) is 0 Å². The number of hydrogen-bond donors (Lipinski definition) is 0. The Balaban J connectivity index is 1.50. The first-order chi connectivity index (χ1) is 11.7. The minimum Gasteiger partial charge on any atom is -0.426 e. The highest BCUT2D eigenvalue weighted by atomic mass is 32.2. The zero-order chi connectivity index (χ0) is 16.8. The van der Waals surface area contributed by atoms with Crippen LogP contribution in [0.5, 0.6) is 5.75 Å². The van der Waals surface area contributed by atoms with Crippen molar-refractivity contribution in [2.45, 2.75) is 13.0 Å². The number of nitroso groups, excluding NO2 is 1. The van der Waals surface area contributed by atoms with E-state index in [1.165, 1.54) is 52.4 Å². The number of thiazole rings is 1. The Hall–Kier alpha value is -1.82. The molecule has 0 aliphatic carbocycles. The van der Waals surface area contributed by atoms with Gasteiger partial charge in [0, 0.05) is 11.8 Å². The number of nitrogens with one attached hydrogen (secondary N) is 1. The monoisotopic (exact) mass is 397 g/mol. The van der Waals surface area contributed by atoms with Crippen molar-refractivity contribution in [2.75, 3.05) is 5.75 Å². The summed E-state index contributed by atoms with van der Waals surface area (Å²) in [5.74, 6) is 0.326. The Labute approximate surface area is 152 Å². The Bertz CT molecular complexity index is 837. The highest BCUT2D eigenvalue weighted by Gasteiger charge is 2.15. The normalized spacial score (nSPS) is 10.5. The number of ether oxygens (including phenoxy) is 1. The Kier molecular flexibility index (Phi) is 5.91. The molecule has 0 saturated carbocycles. The molecule has 2 heterocycles. The van der Waals surface area contributed by atoms with Crippen LogP contribution in [-0.2, 0) is 4.79 Å². The van der Waals surface area contributed by atoms with Crippen molar-refractivity contribution in [3.05, 3.63) is 41.4 Å². The van der Waals surface area contributed by atoms with E-state index in [2.05, 4.69) is 20.4 Å². The molecule has 0 fully saturated rings. The molecule has 24 heavy (non-hydrogen) atoms. The van der Waals surface area contributed by atoms with E-state index >= 15 is 0 Å². The van der Waals surface area contributed by atoms with Gasteiger partial charge < -0.3 is 4.74 Å². The molecule has 1 N–H and O–H groups in total. The summed E-state index contributed by atoms with van der Waals surface area (Å²) >= 11 is 5.24. The van der Waals surface area contributed by atoms with Crippen molar-refractivity contribution in [1.82, 2.24) is 10.2 Å². The van der Waals surface area contributed by atoms with Gasteiger partial charge in [-0.05, 0) is 28.6 Å². The van der Waals surface area contributed by atoms with Crippen LogP contribution in [0.3, 0.4) is 0 Å². The summed E-state index contributed by atoms with van der Waals surface area (Å²) in [6.07, 6.45) is 1.54. The summed E-state index contributed by atoms with van der Waals surface area (Å²) in [7, 11) is 0. The quantitative estimate of drug-likeness (QED) is 0.260. The van der Waals surface area contributed by atoms with Gasteiger partial charge in [-0.2, -0.15) is 4.98 Å². The molecule has 3 rings (SSSR count). The average Bonchev–Trinajstić information content (AvgIpc) is 3.23. The molecule has 0 atom stereocenters. The van der Waals surface area contributed by atoms with Gasteiger partial charge >= 0.3 is 10.3 Å². The first kappa shape index (κ1) is 17.0. The maximum absolute atomic E-state index is 11.8. The lowest BCUT2D eigenvalue weighted by Crippen LogP contribution is -2.10. The van der Waals surface area contributed by atoms with Crippen LogP contribution < -0.4 is 9.72 Å². The molecule has 2 aromatic heterocycles. The van der Waals surface area contributed by atoms with Gasteiger partial charge in [-0.3, -0.25) is 4.79 Å². The number of aromatic amines is 1. The number of benzene rings is 1. The number of para-hydroxylation sites is 1. The number of nitrogens with zero attached hydrogens (tertiary/aromatic N) is 3. The molecule has 122 valence electrons. The van der Waals surface area contributed by atoms with E-state index in [0.29, 0.717) is 19.4 Å². The lowest BCUT2D eigenvalue weighted by molar-refractivity contribution is -0.415. The summed E-state index contributed by atoms with van der Waals surface area (Å²) in [6, 6.07) is 8.91. The first-order valence-electron chi connectivity index (χ1n) is 6.47. The van der Waals surface area contributed by atoms with Crippen LogP contribution in [0, 0.1) is 4.91 Å². The lowest BCUT2D eigenvalue weighted by Gasteiger charge is -2.01. The van der Waals surface area contributed by atoms with Crippen LogP contribution in [0.2, 0.25) is 0 Å². The van der Waals surface area contributed by atoms with Crippen molar-refractivity contribution in [2.24, 2.45) is 5.18 Å². The van der Waals surface area contributed by atoms with E-state index in [-0.39, 0.29) is 11.7 Å². The number of aromatic nitrogens is 3. The highest BCUT2D eigenvalue weighted by molar-refractivity contribution is 8.04. The van der Waals surface area contributed by atoms with E-state index in [1.807, 2.05) is 6.07 Å². The zero-order valence-corrected chi connectivity index (χ0v) is 15.1. The Morgan fingerprint density at radius 1 is 1.21 bits per heavy atom. The molecule has 0 radical (unpaired) electrons. The van der Waals surface area contributed by atoms with E-state index in [4.69, 9.17) is 4.74 Å². The van der Waals surface area contributed by atoms with Gasteiger partial charge in [0.25, 0.3) is 0 Å². The fraction of sp³-hybridized carbons (Fsp3) is 0.0769. The van der Waals surface area contributed by atoms with E-state index < -0.39 is 0 Å². The fourth-order valence-electron chi connectivity index (χ4n) is 1.52. The number of carbonyl (C=O) groups excluding carboxylic acids is 1. The van der Waals surface area contributed by atoms with Crippen LogP contribution >= 0.6 is 46.2 Å². The fourth-order valence-corrected chi connectivity index (χ4v) is 5.33. The molecule has 0 bridgehead atoms. The van der Waals surface area contributed by atoms with Crippen molar-refractivity contribution >= 4 is 57.2 Å². The van der Waals surface area contributed by atoms with Gasteiger partial charge in [0.15, 0.2) is 8.68 Å². The zero-order valence-electron chi connectivity index (χ0n) is 11.9. The maximum atomic E-state index is 11.8. The molecule has 0 amide bonds. The van der Waals surface area contributed by atoms with Gasteiger partial charge in [-0.15, -0.1) is 15.1 Å². The van der Waals surface area contributed by atoms with Crippen LogP contribution in [0.1, 0.15) is 0 Å². The minimum absolute atomic E-state index is 0.151. The minimum atomic E-state index is -0.344. The predicted molar refractivity (Wildman–Crippen MR) is 93.2 cm³/mol. The number of carbonyl (C=O) groups is 1. The second-order valence-electron chi connectivity index (χ2n) is 4.12. The van der Waals surface area contributed by atoms with E-state index in [1.54, 1.807) is 24.3 Å². The van der Waals surface area contributed by atoms with Crippen LogP contribution in [0.25, 0.3) is 0 Å². The Morgan fingerprint density at radius 3 is 2.75 bits per heavy atom.